The number of amides is 1. The molecule has 7 nitrogen and oxygen atoms in total. The molecular weight excluding hydrogens is 366 g/mol. The Kier molecular flexibility index (Phi) is 4.95. The average Bonchev–Trinajstić information content (AvgIpc) is 3.17. The Bertz CT molecular complexity index is 1240. The van der Waals surface area contributed by atoms with Gasteiger partial charge in [-0.3, -0.25) is 14.6 Å². The van der Waals surface area contributed by atoms with Crippen LogP contribution in [0.4, 0.5) is 0 Å². The molecule has 4 rings (SSSR count). The third-order valence-corrected chi connectivity index (χ3v) is 4.85. The lowest BCUT2D eigenvalue weighted by Gasteiger charge is -2.07. The zero-order chi connectivity index (χ0) is 20.4. The van der Waals surface area contributed by atoms with E-state index in [1.807, 2.05) is 19.9 Å². The summed E-state index contributed by atoms with van der Waals surface area (Å²) in [6.45, 7) is 4.78. The van der Waals surface area contributed by atoms with E-state index in [-0.39, 0.29) is 11.5 Å². The number of fused-ring (bicyclic) bond motifs is 1. The summed E-state index contributed by atoms with van der Waals surface area (Å²) in [5.41, 5.74) is 4.94. The molecular formula is C22H21N5O2. The summed E-state index contributed by atoms with van der Waals surface area (Å²) in [6, 6.07) is 11.3. The zero-order valence-electron chi connectivity index (χ0n) is 16.3. The van der Waals surface area contributed by atoms with Gasteiger partial charge in [0, 0.05) is 49.0 Å². The second-order valence-corrected chi connectivity index (χ2v) is 6.97. The lowest BCUT2D eigenvalue weighted by molar-refractivity contribution is 0.0952. The van der Waals surface area contributed by atoms with Crippen LogP contribution in [0.2, 0.25) is 0 Å². The fourth-order valence-corrected chi connectivity index (χ4v) is 3.24. The van der Waals surface area contributed by atoms with Crippen molar-refractivity contribution in [1.29, 1.82) is 0 Å². The van der Waals surface area contributed by atoms with Crippen LogP contribution < -0.4 is 10.9 Å². The molecule has 146 valence electrons. The van der Waals surface area contributed by atoms with Gasteiger partial charge >= 0.3 is 0 Å². The number of rotatable bonds is 5. The van der Waals surface area contributed by atoms with Crippen molar-refractivity contribution in [3.8, 4) is 11.3 Å². The summed E-state index contributed by atoms with van der Waals surface area (Å²) < 4.78 is 3.18. The maximum absolute atomic E-state index is 12.9. The highest BCUT2D eigenvalue weighted by Crippen LogP contribution is 2.23. The predicted molar refractivity (Wildman–Crippen MR) is 111 cm³/mol. The lowest BCUT2D eigenvalue weighted by Crippen LogP contribution is -2.31. The molecule has 1 aromatic carbocycles. The molecule has 3 aromatic heterocycles. The van der Waals surface area contributed by atoms with Crippen LogP contribution in [-0.4, -0.2) is 31.6 Å². The first kappa shape index (κ1) is 18.6. The second kappa shape index (κ2) is 7.71. The Hall–Kier alpha value is -3.74. The van der Waals surface area contributed by atoms with Gasteiger partial charge in [0.25, 0.3) is 11.5 Å². The molecule has 0 unspecified atom stereocenters. The Morgan fingerprint density at radius 2 is 1.86 bits per heavy atom. The van der Waals surface area contributed by atoms with Gasteiger partial charge in [0.1, 0.15) is 5.52 Å². The van der Waals surface area contributed by atoms with Gasteiger partial charge in [-0.15, -0.1) is 0 Å². The quantitative estimate of drug-likeness (QED) is 0.571. The van der Waals surface area contributed by atoms with Crippen LogP contribution in [0, 0.1) is 13.8 Å². The number of carbonyl (C=O) groups is 1. The first-order valence-electron chi connectivity index (χ1n) is 9.37. The van der Waals surface area contributed by atoms with Crippen LogP contribution in [-0.2, 0) is 6.54 Å². The standard InChI is InChI=1S/C22H21N5O2/c1-15-3-4-16(2)18(13-15)19-14-20-22(29)26(11-12-27(20)25-19)10-9-24-21(28)17-5-7-23-8-6-17/h3-8,11-14H,9-10H2,1-2H3,(H,24,28). The normalized spacial score (nSPS) is 11.0. The summed E-state index contributed by atoms with van der Waals surface area (Å²) in [7, 11) is 0. The van der Waals surface area contributed by atoms with Crippen LogP contribution in [0.15, 0.2) is 66.0 Å². The zero-order valence-corrected chi connectivity index (χ0v) is 16.3. The number of hydrogen-bond donors (Lipinski definition) is 1. The molecule has 0 spiro atoms. The molecule has 0 aliphatic rings. The number of aryl methyl sites for hydroxylation is 2. The predicted octanol–water partition coefficient (Wildman–Crippen LogP) is 2.60. The Morgan fingerprint density at radius 1 is 1.07 bits per heavy atom. The average molecular weight is 387 g/mol. The molecule has 0 atom stereocenters. The molecule has 7 heteroatoms. The summed E-state index contributed by atoms with van der Waals surface area (Å²) in [6.07, 6.45) is 6.59. The summed E-state index contributed by atoms with van der Waals surface area (Å²) in [5.74, 6) is -0.192. The fourth-order valence-electron chi connectivity index (χ4n) is 3.24. The summed E-state index contributed by atoms with van der Waals surface area (Å²) in [5, 5.41) is 7.38. The Labute approximate surface area is 167 Å². The van der Waals surface area contributed by atoms with Gasteiger partial charge in [0.2, 0.25) is 0 Å². The Morgan fingerprint density at radius 3 is 2.66 bits per heavy atom. The number of pyridine rings is 1. The molecule has 0 saturated heterocycles. The van der Waals surface area contributed by atoms with Gasteiger partial charge in [0.05, 0.1) is 5.69 Å². The van der Waals surface area contributed by atoms with Crippen LogP contribution in [0.5, 0.6) is 0 Å². The maximum Gasteiger partial charge on any atom is 0.276 e. The molecule has 0 fully saturated rings. The maximum atomic E-state index is 12.9. The smallest absolute Gasteiger partial charge is 0.276 e. The molecule has 4 aromatic rings. The molecule has 1 N–H and O–H groups in total. The molecule has 3 heterocycles. The van der Waals surface area contributed by atoms with E-state index in [0.29, 0.717) is 24.2 Å². The van der Waals surface area contributed by atoms with E-state index in [0.717, 1.165) is 22.4 Å². The molecule has 29 heavy (non-hydrogen) atoms. The van der Waals surface area contributed by atoms with Crippen LogP contribution in [0.3, 0.4) is 0 Å². The molecule has 1 amide bonds. The van der Waals surface area contributed by atoms with Crippen molar-refractivity contribution in [1.82, 2.24) is 24.5 Å². The van der Waals surface area contributed by atoms with Gasteiger partial charge in [-0.25, -0.2) is 4.52 Å². The van der Waals surface area contributed by atoms with Crippen molar-refractivity contribution in [2.45, 2.75) is 20.4 Å². The molecule has 0 bridgehead atoms. The third kappa shape index (κ3) is 3.80. The summed E-state index contributed by atoms with van der Waals surface area (Å²) in [4.78, 5) is 28.9. The van der Waals surface area contributed by atoms with Crippen molar-refractivity contribution >= 4 is 11.4 Å². The number of benzene rings is 1. The highest BCUT2D eigenvalue weighted by molar-refractivity contribution is 5.93. The SMILES string of the molecule is Cc1ccc(C)c(-c2cc3c(=O)n(CCNC(=O)c4ccncc4)ccn3n2)c1. The van der Waals surface area contributed by atoms with Crippen LogP contribution in [0.25, 0.3) is 16.8 Å². The lowest BCUT2D eigenvalue weighted by atomic mass is 10.0. The fraction of sp³-hybridized carbons (Fsp3) is 0.182. The highest BCUT2D eigenvalue weighted by atomic mass is 16.1. The van der Waals surface area contributed by atoms with Crippen molar-refractivity contribution in [2.24, 2.45) is 0 Å². The number of aromatic nitrogens is 4. The largest absolute Gasteiger partial charge is 0.350 e. The number of nitrogens with one attached hydrogen (secondary N) is 1. The number of nitrogens with zero attached hydrogens (tertiary/aromatic N) is 4. The Balaban J connectivity index is 1.54. The van der Waals surface area contributed by atoms with Crippen molar-refractivity contribution in [2.75, 3.05) is 6.54 Å². The second-order valence-electron chi connectivity index (χ2n) is 6.97. The van der Waals surface area contributed by atoms with E-state index in [9.17, 15) is 9.59 Å². The minimum Gasteiger partial charge on any atom is -0.350 e. The first-order chi connectivity index (χ1) is 14.0. The minimum absolute atomic E-state index is 0.144. The first-order valence-corrected chi connectivity index (χ1v) is 9.37. The minimum atomic E-state index is -0.192. The van der Waals surface area contributed by atoms with Crippen LogP contribution in [0.1, 0.15) is 21.5 Å². The van der Waals surface area contributed by atoms with Gasteiger partial charge in [0.15, 0.2) is 0 Å². The number of carbonyl (C=O) groups excluding carboxylic acids is 1. The van der Waals surface area contributed by atoms with Crippen molar-refractivity contribution in [3.63, 3.8) is 0 Å². The van der Waals surface area contributed by atoms with Crippen LogP contribution >= 0.6 is 0 Å². The van der Waals surface area contributed by atoms with E-state index >= 15 is 0 Å². The topological polar surface area (TPSA) is 81.3 Å². The van der Waals surface area contributed by atoms with E-state index in [1.54, 1.807) is 46.0 Å². The monoisotopic (exact) mass is 387 g/mol. The van der Waals surface area contributed by atoms with Gasteiger partial charge in [-0.05, 0) is 43.7 Å². The van der Waals surface area contributed by atoms with Gasteiger partial charge in [-0.2, -0.15) is 5.10 Å². The van der Waals surface area contributed by atoms with E-state index in [4.69, 9.17) is 0 Å². The van der Waals surface area contributed by atoms with E-state index in [2.05, 4.69) is 33.6 Å². The molecule has 0 aliphatic carbocycles. The number of hydrogen-bond acceptors (Lipinski definition) is 4. The van der Waals surface area contributed by atoms with Crippen molar-refractivity contribution < 1.29 is 4.79 Å². The van der Waals surface area contributed by atoms with Crippen molar-refractivity contribution in [3.05, 3.63) is 88.2 Å². The molecule has 0 aliphatic heterocycles. The van der Waals surface area contributed by atoms with E-state index < -0.39 is 0 Å². The molecule has 0 saturated carbocycles. The summed E-state index contributed by atoms with van der Waals surface area (Å²) >= 11 is 0. The highest BCUT2D eigenvalue weighted by Gasteiger charge is 2.11. The molecule has 0 radical (unpaired) electrons. The van der Waals surface area contributed by atoms with Gasteiger partial charge < -0.3 is 9.88 Å². The van der Waals surface area contributed by atoms with Gasteiger partial charge in [-0.1, -0.05) is 17.7 Å². The third-order valence-electron chi connectivity index (χ3n) is 4.85. The van der Waals surface area contributed by atoms with E-state index in [1.165, 1.54) is 0 Å².